The van der Waals surface area contributed by atoms with Gasteiger partial charge in [0.2, 0.25) is 0 Å². The SMILES string of the molecule is O=C(NCc1cc([N+](=O)[O-])cc2c1OCOC2)c1cccnc1. The van der Waals surface area contributed by atoms with Crippen molar-refractivity contribution in [1.82, 2.24) is 10.3 Å². The van der Waals surface area contributed by atoms with Gasteiger partial charge in [0.05, 0.1) is 17.1 Å². The van der Waals surface area contributed by atoms with Gasteiger partial charge in [-0.1, -0.05) is 0 Å². The second-order valence-electron chi connectivity index (χ2n) is 4.89. The van der Waals surface area contributed by atoms with Crippen molar-refractivity contribution in [2.24, 2.45) is 0 Å². The highest BCUT2D eigenvalue weighted by Crippen LogP contribution is 2.32. The Bertz CT molecular complexity index is 748. The van der Waals surface area contributed by atoms with Crippen LogP contribution in [-0.2, 0) is 17.9 Å². The minimum Gasteiger partial charge on any atom is -0.467 e. The number of hydrogen-bond donors (Lipinski definition) is 1. The lowest BCUT2D eigenvalue weighted by Crippen LogP contribution is -2.24. The first-order valence-electron chi connectivity index (χ1n) is 6.84. The molecule has 1 aliphatic heterocycles. The summed E-state index contributed by atoms with van der Waals surface area (Å²) in [7, 11) is 0. The molecule has 23 heavy (non-hydrogen) atoms. The third-order valence-electron chi connectivity index (χ3n) is 3.35. The first-order valence-corrected chi connectivity index (χ1v) is 6.84. The van der Waals surface area contributed by atoms with E-state index in [-0.39, 0.29) is 31.5 Å². The molecule has 0 radical (unpaired) electrons. The van der Waals surface area contributed by atoms with E-state index in [0.29, 0.717) is 22.4 Å². The summed E-state index contributed by atoms with van der Waals surface area (Å²) in [5.74, 6) is 0.207. The third-order valence-corrected chi connectivity index (χ3v) is 3.35. The Labute approximate surface area is 131 Å². The van der Waals surface area contributed by atoms with Crippen LogP contribution in [0.3, 0.4) is 0 Å². The molecule has 1 aromatic carbocycles. The number of aromatic nitrogens is 1. The van der Waals surface area contributed by atoms with Crippen LogP contribution in [0.5, 0.6) is 5.75 Å². The van der Waals surface area contributed by atoms with Gasteiger partial charge in [-0.2, -0.15) is 0 Å². The average molecular weight is 315 g/mol. The number of ether oxygens (including phenoxy) is 2. The van der Waals surface area contributed by atoms with Crippen molar-refractivity contribution in [3.8, 4) is 5.75 Å². The summed E-state index contributed by atoms with van der Waals surface area (Å²) >= 11 is 0. The highest BCUT2D eigenvalue weighted by Gasteiger charge is 2.21. The lowest BCUT2D eigenvalue weighted by atomic mass is 10.1. The zero-order valence-corrected chi connectivity index (χ0v) is 12.0. The molecule has 0 unspecified atom stereocenters. The molecule has 0 spiro atoms. The van der Waals surface area contributed by atoms with Gasteiger partial charge in [0.25, 0.3) is 11.6 Å². The standard InChI is InChI=1S/C15H13N3O5/c19-15(10-2-1-3-16-6-10)17-7-11-4-13(18(20)21)5-12-8-22-9-23-14(11)12/h1-6H,7-9H2,(H,17,19). The number of rotatable bonds is 4. The number of carbonyl (C=O) groups is 1. The smallest absolute Gasteiger partial charge is 0.270 e. The number of hydrogen-bond acceptors (Lipinski definition) is 6. The molecule has 0 fully saturated rings. The molecule has 0 bridgehead atoms. The van der Waals surface area contributed by atoms with Crippen LogP contribution >= 0.6 is 0 Å². The van der Waals surface area contributed by atoms with Gasteiger partial charge in [-0.3, -0.25) is 19.9 Å². The minimum absolute atomic E-state index is 0.0662. The van der Waals surface area contributed by atoms with Crippen LogP contribution in [0.2, 0.25) is 0 Å². The van der Waals surface area contributed by atoms with Gasteiger partial charge in [-0.05, 0) is 12.1 Å². The van der Waals surface area contributed by atoms with E-state index in [2.05, 4.69) is 10.3 Å². The lowest BCUT2D eigenvalue weighted by molar-refractivity contribution is -0.385. The van der Waals surface area contributed by atoms with E-state index in [0.717, 1.165) is 0 Å². The number of carbonyl (C=O) groups excluding carboxylic acids is 1. The summed E-state index contributed by atoms with van der Waals surface area (Å²) in [6.07, 6.45) is 3.02. The monoisotopic (exact) mass is 315 g/mol. The predicted molar refractivity (Wildman–Crippen MR) is 78.8 cm³/mol. The topological polar surface area (TPSA) is 104 Å². The van der Waals surface area contributed by atoms with Crippen LogP contribution in [0.4, 0.5) is 5.69 Å². The molecule has 1 aromatic heterocycles. The highest BCUT2D eigenvalue weighted by molar-refractivity contribution is 5.93. The van der Waals surface area contributed by atoms with Crippen LogP contribution in [0.15, 0.2) is 36.7 Å². The van der Waals surface area contributed by atoms with E-state index in [1.165, 1.54) is 18.3 Å². The van der Waals surface area contributed by atoms with Crippen LogP contribution in [0, 0.1) is 10.1 Å². The summed E-state index contributed by atoms with van der Waals surface area (Å²) in [6, 6.07) is 6.11. The number of pyridine rings is 1. The number of amides is 1. The molecule has 0 atom stereocenters. The highest BCUT2D eigenvalue weighted by atomic mass is 16.7. The fraction of sp³-hybridized carbons (Fsp3) is 0.200. The van der Waals surface area contributed by atoms with Gasteiger partial charge in [-0.25, -0.2) is 0 Å². The van der Waals surface area contributed by atoms with Crippen LogP contribution in [0.1, 0.15) is 21.5 Å². The van der Waals surface area contributed by atoms with E-state index < -0.39 is 4.92 Å². The average Bonchev–Trinajstić information content (AvgIpc) is 2.59. The Balaban J connectivity index is 1.83. The molecule has 1 amide bonds. The summed E-state index contributed by atoms with van der Waals surface area (Å²) in [5, 5.41) is 13.7. The molecule has 3 rings (SSSR count). The molecule has 2 heterocycles. The number of fused-ring (bicyclic) bond motifs is 1. The van der Waals surface area contributed by atoms with Crippen molar-refractivity contribution in [3.63, 3.8) is 0 Å². The first kappa shape index (κ1) is 14.9. The van der Waals surface area contributed by atoms with Gasteiger partial charge in [0.15, 0.2) is 6.79 Å². The van der Waals surface area contributed by atoms with Crippen molar-refractivity contribution >= 4 is 11.6 Å². The van der Waals surface area contributed by atoms with Crippen molar-refractivity contribution in [3.05, 3.63) is 63.5 Å². The zero-order chi connectivity index (χ0) is 16.2. The molecule has 0 saturated heterocycles. The fourth-order valence-corrected chi connectivity index (χ4v) is 2.29. The summed E-state index contributed by atoms with van der Waals surface area (Å²) in [5.41, 5.74) is 1.48. The maximum atomic E-state index is 12.1. The third kappa shape index (κ3) is 3.27. The van der Waals surface area contributed by atoms with Crippen LogP contribution in [0.25, 0.3) is 0 Å². The number of nitro groups is 1. The predicted octanol–water partition coefficient (Wildman–Crippen LogP) is 1.79. The van der Waals surface area contributed by atoms with Crippen LogP contribution in [-0.4, -0.2) is 22.6 Å². The van der Waals surface area contributed by atoms with Crippen LogP contribution < -0.4 is 10.1 Å². The Morgan fingerprint density at radius 2 is 2.30 bits per heavy atom. The van der Waals surface area contributed by atoms with E-state index in [4.69, 9.17) is 9.47 Å². The molecule has 1 N–H and O–H groups in total. The number of nitro benzene ring substituents is 1. The fourth-order valence-electron chi connectivity index (χ4n) is 2.29. The molecule has 0 saturated carbocycles. The molecule has 0 aliphatic carbocycles. The molecule has 1 aliphatic rings. The van der Waals surface area contributed by atoms with Gasteiger partial charge in [-0.15, -0.1) is 0 Å². The number of nitrogens with zero attached hydrogens (tertiary/aromatic N) is 2. The summed E-state index contributed by atoms with van der Waals surface area (Å²) in [4.78, 5) is 26.5. The lowest BCUT2D eigenvalue weighted by Gasteiger charge is -2.20. The van der Waals surface area contributed by atoms with Crippen molar-refractivity contribution in [2.45, 2.75) is 13.2 Å². The number of benzene rings is 1. The van der Waals surface area contributed by atoms with E-state index in [1.54, 1.807) is 18.3 Å². The Morgan fingerprint density at radius 1 is 1.43 bits per heavy atom. The Morgan fingerprint density at radius 3 is 3.04 bits per heavy atom. The molecular formula is C15H13N3O5. The second kappa shape index (κ2) is 6.41. The van der Waals surface area contributed by atoms with Gasteiger partial charge in [0.1, 0.15) is 5.75 Å². The molecule has 8 heteroatoms. The summed E-state index contributed by atoms with van der Waals surface area (Å²) < 4.78 is 10.6. The van der Waals surface area contributed by atoms with Crippen molar-refractivity contribution < 1.29 is 19.2 Å². The quantitative estimate of drug-likeness (QED) is 0.681. The normalized spacial score (nSPS) is 12.9. The van der Waals surface area contributed by atoms with Crippen molar-refractivity contribution in [1.29, 1.82) is 0 Å². The number of nitrogens with one attached hydrogen (secondary N) is 1. The molecule has 8 nitrogen and oxygen atoms in total. The molecule has 2 aromatic rings. The Kier molecular flexibility index (Phi) is 4.15. The summed E-state index contributed by atoms with van der Waals surface area (Å²) in [6.45, 7) is 0.423. The number of non-ortho nitro benzene ring substituents is 1. The minimum atomic E-state index is -0.485. The molecular weight excluding hydrogens is 302 g/mol. The maximum Gasteiger partial charge on any atom is 0.270 e. The maximum absolute atomic E-state index is 12.1. The van der Waals surface area contributed by atoms with E-state index >= 15 is 0 Å². The van der Waals surface area contributed by atoms with Crippen molar-refractivity contribution in [2.75, 3.05) is 6.79 Å². The van der Waals surface area contributed by atoms with Gasteiger partial charge < -0.3 is 14.8 Å². The first-order chi connectivity index (χ1) is 11.1. The second-order valence-corrected chi connectivity index (χ2v) is 4.89. The zero-order valence-electron chi connectivity index (χ0n) is 12.0. The van der Waals surface area contributed by atoms with E-state index in [1.807, 2.05) is 0 Å². The Hall–Kier alpha value is -3.00. The van der Waals surface area contributed by atoms with E-state index in [9.17, 15) is 14.9 Å². The van der Waals surface area contributed by atoms with Gasteiger partial charge >= 0.3 is 0 Å². The largest absolute Gasteiger partial charge is 0.467 e. The van der Waals surface area contributed by atoms with Gasteiger partial charge in [0, 0.05) is 42.2 Å². The molecule has 118 valence electrons.